The summed E-state index contributed by atoms with van der Waals surface area (Å²) >= 11 is 0. The van der Waals surface area contributed by atoms with Gasteiger partial charge in [0.2, 0.25) is 0 Å². The van der Waals surface area contributed by atoms with Crippen LogP contribution in [0.1, 0.15) is 49.9 Å². The zero-order valence-corrected chi connectivity index (χ0v) is 16.6. The minimum Gasteiger partial charge on any atom is -0.449 e. The molecule has 0 aliphatic carbocycles. The molecule has 0 unspecified atom stereocenters. The van der Waals surface area contributed by atoms with Crippen molar-refractivity contribution >= 4 is 23.3 Å². The molecule has 1 N–H and O–H groups in total. The lowest BCUT2D eigenvalue weighted by Crippen LogP contribution is -2.48. The van der Waals surface area contributed by atoms with Gasteiger partial charge in [-0.2, -0.15) is 0 Å². The van der Waals surface area contributed by atoms with Gasteiger partial charge in [0.05, 0.1) is 11.3 Å². The molecule has 5 heteroatoms. The number of hydrogen-bond donors (Lipinski definition) is 1. The standard InChI is InChI=1S/C23H28N2O3/c1-3-19-13-9-10-16-25(19)22(26)17(2)28-23(27)20-14-7-8-15-21(20)24-18-11-5-4-6-12-18/h4-8,11-12,14-15,17,19,24H,3,9-10,13,16H2,1-2H3/t17-,19-/m0/s1. The third-order valence-corrected chi connectivity index (χ3v) is 5.21. The maximum Gasteiger partial charge on any atom is 0.341 e. The molecule has 28 heavy (non-hydrogen) atoms. The van der Waals surface area contributed by atoms with Crippen LogP contribution in [-0.4, -0.2) is 35.5 Å². The van der Waals surface area contributed by atoms with Gasteiger partial charge in [0.25, 0.3) is 5.91 Å². The van der Waals surface area contributed by atoms with E-state index in [1.807, 2.05) is 47.4 Å². The average Bonchev–Trinajstić information content (AvgIpc) is 2.74. The summed E-state index contributed by atoms with van der Waals surface area (Å²) in [4.78, 5) is 27.5. The molecule has 0 radical (unpaired) electrons. The van der Waals surface area contributed by atoms with Crippen molar-refractivity contribution < 1.29 is 14.3 Å². The highest BCUT2D eigenvalue weighted by atomic mass is 16.5. The molecule has 1 aliphatic rings. The fraction of sp³-hybridized carbons (Fsp3) is 0.391. The van der Waals surface area contributed by atoms with Gasteiger partial charge < -0.3 is 15.0 Å². The number of likely N-dealkylation sites (tertiary alicyclic amines) is 1. The summed E-state index contributed by atoms with van der Waals surface area (Å²) in [5, 5.41) is 3.24. The molecule has 1 heterocycles. The first-order valence-corrected chi connectivity index (χ1v) is 10.0. The zero-order chi connectivity index (χ0) is 19.9. The van der Waals surface area contributed by atoms with Crippen LogP contribution in [0.15, 0.2) is 54.6 Å². The molecule has 148 valence electrons. The molecule has 0 spiro atoms. The van der Waals surface area contributed by atoms with E-state index in [1.54, 1.807) is 19.1 Å². The lowest BCUT2D eigenvalue weighted by Gasteiger charge is -2.36. The molecule has 1 amide bonds. The monoisotopic (exact) mass is 380 g/mol. The Balaban J connectivity index is 1.69. The number of ether oxygens (including phenoxy) is 1. The van der Waals surface area contributed by atoms with Gasteiger partial charge in [0.1, 0.15) is 0 Å². The van der Waals surface area contributed by atoms with Gasteiger partial charge >= 0.3 is 5.97 Å². The quantitative estimate of drug-likeness (QED) is 0.734. The molecule has 5 nitrogen and oxygen atoms in total. The number of amides is 1. The number of para-hydroxylation sites is 2. The van der Waals surface area contributed by atoms with Crippen LogP contribution < -0.4 is 5.32 Å². The molecule has 3 rings (SSSR count). The molecule has 0 aromatic heterocycles. The Bertz CT molecular complexity index is 807. The minimum atomic E-state index is -0.801. The fourth-order valence-electron chi connectivity index (χ4n) is 3.67. The highest BCUT2D eigenvalue weighted by molar-refractivity contribution is 5.98. The SMILES string of the molecule is CC[C@H]1CCCCN1C(=O)[C@H](C)OC(=O)c1ccccc1Nc1ccccc1. The zero-order valence-electron chi connectivity index (χ0n) is 16.6. The normalized spacial score (nSPS) is 17.6. The number of carbonyl (C=O) groups is 2. The van der Waals surface area contributed by atoms with Crippen molar-refractivity contribution in [1.29, 1.82) is 0 Å². The van der Waals surface area contributed by atoms with Crippen LogP contribution in [0.5, 0.6) is 0 Å². The number of hydrogen-bond acceptors (Lipinski definition) is 4. The van der Waals surface area contributed by atoms with E-state index in [2.05, 4.69) is 12.2 Å². The summed E-state index contributed by atoms with van der Waals surface area (Å²) in [7, 11) is 0. The van der Waals surface area contributed by atoms with Crippen LogP contribution in [0, 0.1) is 0 Å². The number of nitrogens with one attached hydrogen (secondary N) is 1. The van der Waals surface area contributed by atoms with Gasteiger partial charge in [-0.15, -0.1) is 0 Å². The molecular weight excluding hydrogens is 352 g/mol. The van der Waals surface area contributed by atoms with Crippen molar-refractivity contribution in [1.82, 2.24) is 4.90 Å². The smallest absolute Gasteiger partial charge is 0.341 e. The Kier molecular flexibility index (Phi) is 6.69. The summed E-state index contributed by atoms with van der Waals surface area (Å²) in [6.45, 7) is 4.50. The lowest BCUT2D eigenvalue weighted by atomic mass is 9.99. The van der Waals surface area contributed by atoms with Gasteiger partial charge in [-0.25, -0.2) is 4.79 Å². The van der Waals surface area contributed by atoms with E-state index in [0.29, 0.717) is 11.3 Å². The number of piperidine rings is 1. The van der Waals surface area contributed by atoms with Crippen LogP contribution in [0.3, 0.4) is 0 Å². The van der Waals surface area contributed by atoms with Crippen molar-refractivity contribution in [3.05, 3.63) is 60.2 Å². The second-order valence-corrected chi connectivity index (χ2v) is 7.17. The van der Waals surface area contributed by atoms with Crippen molar-refractivity contribution in [3.8, 4) is 0 Å². The number of nitrogens with zero attached hydrogens (tertiary/aromatic N) is 1. The number of anilines is 2. The Hall–Kier alpha value is -2.82. The second kappa shape index (κ2) is 9.40. The van der Waals surface area contributed by atoms with Crippen LogP contribution in [-0.2, 0) is 9.53 Å². The van der Waals surface area contributed by atoms with Crippen molar-refractivity contribution in [2.45, 2.75) is 51.7 Å². The third-order valence-electron chi connectivity index (χ3n) is 5.21. The molecule has 0 saturated carbocycles. The summed E-state index contributed by atoms with van der Waals surface area (Å²) in [6.07, 6.45) is 3.30. The first-order valence-electron chi connectivity index (χ1n) is 10.0. The van der Waals surface area contributed by atoms with E-state index in [-0.39, 0.29) is 11.9 Å². The van der Waals surface area contributed by atoms with Gasteiger partial charge in [-0.3, -0.25) is 4.79 Å². The van der Waals surface area contributed by atoms with Gasteiger partial charge in [-0.05, 0) is 56.9 Å². The summed E-state index contributed by atoms with van der Waals surface area (Å²) in [5.41, 5.74) is 1.95. The van der Waals surface area contributed by atoms with Gasteiger partial charge in [-0.1, -0.05) is 37.3 Å². The number of benzene rings is 2. The molecule has 1 aliphatic heterocycles. The minimum absolute atomic E-state index is 0.103. The largest absolute Gasteiger partial charge is 0.449 e. The molecule has 0 bridgehead atoms. The van der Waals surface area contributed by atoms with E-state index in [9.17, 15) is 9.59 Å². The van der Waals surface area contributed by atoms with E-state index < -0.39 is 12.1 Å². The van der Waals surface area contributed by atoms with Crippen LogP contribution in [0.2, 0.25) is 0 Å². The van der Waals surface area contributed by atoms with E-state index in [0.717, 1.165) is 37.9 Å². The Morgan fingerprint density at radius 1 is 1.11 bits per heavy atom. The van der Waals surface area contributed by atoms with Crippen LogP contribution in [0.25, 0.3) is 0 Å². The summed E-state index contributed by atoms with van der Waals surface area (Å²) in [6, 6.07) is 17.1. The topological polar surface area (TPSA) is 58.6 Å². The Labute approximate surface area is 166 Å². The Morgan fingerprint density at radius 3 is 2.57 bits per heavy atom. The lowest BCUT2D eigenvalue weighted by molar-refractivity contribution is -0.143. The highest BCUT2D eigenvalue weighted by Gasteiger charge is 2.30. The molecular formula is C23H28N2O3. The van der Waals surface area contributed by atoms with E-state index in [4.69, 9.17) is 4.74 Å². The molecule has 2 aromatic carbocycles. The molecule has 1 saturated heterocycles. The summed E-state index contributed by atoms with van der Waals surface area (Å²) in [5.74, 6) is -0.599. The van der Waals surface area contributed by atoms with E-state index >= 15 is 0 Å². The average molecular weight is 380 g/mol. The predicted molar refractivity (Wildman–Crippen MR) is 111 cm³/mol. The van der Waals surface area contributed by atoms with Gasteiger partial charge in [0.15, 0.2) is 6.10 Å². The number of rotatable bonds is 6. The van der Waals surface area contributed by atoms with Crippen LogP contribution in [0.4, 0.5) is 11.4 Å². The molecule has 2 atom stereocenters. The fourth-order valence-corrected chi connectivity index (χ4v) is 3.67. The van der Waals surface area contributed by atoms with Gasteiger partial charge in [0, 0.05) is 18.3 Å². The first-order chi connectivity index (χ1) is 13.6. The maximum atomic E-state index is 12.8. The predicted octanol–water partition coefficient (Wildman–Crippen LogP) is 4.77. The molecule has 1 fully saturated rings. The second-order valence-electron chi connectivity index (χ2n) is 7.17. The van der Waals surface area contributed by atoms with Crippen molar-refractivity contribution in [2.75, 3.05) is 11.9 Å². The van der Waals surface area contributed by atoms with Crippen molar-refractivity contribution in [2.24, 2.45) is 0 Å². The number of carbonyl (C=O) groups excluding carboxylic acids is 2. The highest BCUT2D eigenvalue weighted by Crippen LogP contribution is 2.24. The van der Waals surface area contributed by atoms with Crippen molar-refractivity contribution in [3.63, 3.8) is 0 Å². The first kappa shape index (κ1) is 19.9. The summed E-state index contributed by atoms with van der Waals surface area (Å²) < 4.78 is 5.55. The maximum absolute atomic E-state index is 12.8. The van der Waals surface area contributed by atoms with Crippen LogP contribution >= 0.6 is 0 Å². The van der Waals surface area contributed by atoms with E-state index in [1.165, 1.54) is 0 Å². The Morgan fingerprint density at radius 2 is 1.82 bits per heavy atom. The number of esters is 1. The third kappa shape index (κ3) is 4.71. The molecule has 2 aromatic rings.